The van der Waals surface area contributed by atoms with Crippen LogP contribution in [0.4, 0.5) is 0 Å². The minimum absolute atomic E-state index is 0.0502. The van der Waals surface area contributed by atoms with Crippen LogP contribution < -0.4 is 0 Å². The van der Waals surface area contributed by atoms with E-state index in [1.54, 1.807) is 18.2 Å². The fraction of sp³-hybridized carbons (Fsp3) is 0.407. The van der Waals surface area contributed by atoms with Crippen LogP contribution in [0.2, 0.25) is 0 Å². The Hall–Kier alpha value is -3.28. The summed E-state index contributed by atoms with van der Waals surface area (Å²) in [5.74, 6) is -2.39. The second-order valence-electron chi connectivity index (χ2n) is 9.49. The molecule has 2 aromatic carbocycles. The molecule has 2 bridgehead atoms. The molecule has 5 unspecified atom stereocenters. The molecule has 6 heteroatoms. The Morgan fingerprint density at radius 1 is 1.00 bits per heavy atom. The molecule has 2 aliphatic rings. The lowest BCUT2D eigenvalue weighted by molar-refractivity contribution is -0.158. The predicted molar refractivity (Wildman–Crippen MR) is 123 cm³/mol. The highest BCUT2D eigenvalue weighted by molar-refractivity contribution is 5.83. The molecule has 0 aliphatic heterocycles. The number of aliphatic carboxylic acids is 1. The van der Waals surface area contributed by atoms with E-state index < -0.39 is 29.2 Å². The zero-order chi connectivity index (χ0) is 23.8. The van der Waals surface area contributed by atoms with Gasteiger partial charge in [0, 0.05) is 5.41 Å². The Kier molecular flexibility index (Phi) is 6.19. The van der Waals surface area contributed by atoms with Gasteiger partial charge in [0.05, 0.1) is 18.4 Å². The average molecular weight is 451 g/mol. The van der Waals surface area contributed by atoms with E-state index in [1.807, 2.05) is 43.3 Å². The van der Waals surface area contributed by atoms with Gasteiger partial charge in [-0.2, -0.15) is 0 Å². The molecule has 1 fully saturated rings. The van der Waals surface area contributed by atoms with Crippen molar-refractivity contribution in [2.24, 2.45) is 23.7 Å². The van der Waals surface area contributed by atoms with Crippen LogP contribution >= 0.6 is 0 Å². The third-order valence-electron chi connectivity index (χ3n) is 7.42. The second-order valence-corrected chi connectivity index (χ2v) is 9.49. The lowest BCUT2D eigenvalue weighted by Crippen LogP contribution is -2.34. The van der Waals surface area contributed by atoms with E-state index in [0.717, 1.165) is 16.7 Å². The normalized spacial score (nSPS) is 25.0. The van der Waals surface area contributed by atoms with Crippen molar-refractivity contribution < 1.29 is 29.6 Å². The first-order chi connectivity index (χ1) is 15.7. The first-order valence-corrected chi connectivity index (χ1v) is 11.4. The molecule has 33 heavy (non-hydrogen) atoms. The molecule has 0 amide bonds. The molecule has 0 spiro atoms. The van der Waals surface area contributed by atoms with E-state index >= 15 is 0 Å². The summed E-state index contributed by atoms with van der Waals surface area (Å²) in [5, 5.41) is 29.3. The topological polar surface area (TPSA) is 104 Å². The number of phenolic OH excluding ortho intramolecular Hbond substituents is 2. The maximum absolute atomic E-state index is 12.8. The van der Waals surface area contributed by atoms with Gasteiger partial charge in [0.2, 0.25) is 0 Å². The molecule has 3 N–H and O–H groups in total. The number of phenols is 2. The van der Waals surface area contributed by atoms with Crippen LogP contribution in [0.5, 0.6) is 11.5 Å². The number of fused-ring (bicyclic) bond motifs is 2. The van der Waals surface area contributed by atoms with Crippen molar-refractivity contribution in [3.63, 3.8) is 0 Å². The number of carboxylic acid groups (broad SMARTS) is 1. The fourth-order valence-corrected chi connectivity index (χ4v) is 5.46. The minimum atomic E-state index is -0.934. The fourth-order valence-electron chi connectivity index (χ4n) is 5.46. The number of carbonyl (C=O) groups is 2. The summed E-state index contributed by atoms with van der Waals surface area (Å²) in [6.45, 7) is 4.14. The third-order valence-corrected chi connectivity index (χ3v) is 7.42. The highest BCUT2D eigenvalue weighted by Crippen LogP contribution is 2.48. The maximum atomic E-state index is 12.8. The summed E-state index contributed by atoms with van der Waals surface area (Å²) in [7, 11) is 0. The largest absolute Gasteiger partial charge is 0.508 e. The number of hydrogen-bond acceptors (Lipinski definition) is 5. The molecule has 0 aromatic heterocycles. The molecule has 0 saturated heterocycles. The van der Waals surface area contributed by atoms with E-state index in [9.17, 15) is 24.9 Å². The molecule has 2 aromatic rings. The van der Waals surface area contributed by atoms with Crippen LogP contribution in [-0.2, 0) is 19.7 Å². The lowest BCUT2D eigenvalue weighted by atomic mass is 9.72. The Morgan fingerprint density at radius 2 is 1.64 bits per heavy atom. The van der Waals surface area contributed by atoms with Crippen LogP contribution in [0.3, 0.4) is 0 Å². The van der Waals surface area contributed by atoms with Gasteiger partial charge in [0.25, 0.3) is 0 Å². The van der Waals surface area contributed by atoms with Gasteiger partial charge in [-0.1, -0.05) is 43.3 Å². The maximum Gasteiger partial charge on any atom is 0.310 e. The van der Waals surface area contributed by atoms with Gasteiger partial charge in [-0.15, -0.1) is 0 Å². The number of aromatic hydroxyl groups is 2. The zero-order valence-corrected chi connectivity index (χ0v) is 18.9. The van der Waals surface area contributed by atoms with Crippen molar-refractivity contribution in [1.82, 2.24) is 0 Å². The standard InChI is InChI=1S/C27H30O6/c1-16-14-20(8-11-22(16)29)27(2,19-6-9-21(28)10-7-19)12-3-13-33-26(32)24-18-5-4-17(15-18)23(24)25(30)31/h4-11,14,17-18,23-24,28-29H,3,12-13,15H2,1-2H3,(H,30,31). The minimum Gasteiger partial charge on any atom is -0.508 e. The summed E-state index contributed by atoms with van der Waals surface area (Å²) >= 11 is 0. The van der Waals surface area contributed by atoms with Crippen molar-refractivity contribution in [2.75, 3.05) is 6.61 Å². The Bertz CT molecular complexity index is 1070. The number of benzene rings is 2. The number of carbonyl (C=O) groups excluding carboxylic acids is 1. The summed E-state index contributed by atoms with van der Waals surface area (Å²) in [4.78, 5) is 24.4. The molecular weight excluding hydrogens is 420 g/mol. The molecular formula is C27H30O6. The molecule has 2 aliphatic carbocycles. The van der Waals surface area contributed by atoms with E-state index in [-0.39, 0.29) is 29.9 Å². The molecule has 1 saturated carbocycles. The third kappa shape index (κ3) is 4.34. The van der Waals surface area contributed by atoms with Crippen molar-refractivity contribution in [2.45, 2.75) is 38.5 Å². The summed E-state index contributed by atoms with van der Waals surface area (Å²) < 4.78 is 5.57. The van der Waals surface area contributed by atoms with Crippen molar-refractivity contribution in [1.29, 1.82) is 0 Å². The summed E-state index contributed by atoms with van der Waals surface area (Å²) in [6, 6.07) is 12.6. The van der Waals surface area contributed by atoms with Gasteiger partial charge >= 0.3 is 11.9 Å². The number of aryl methyl sites for hydroxylation is 1. The Balaban J connectivity index is 1.46. The van der Waals surface area contributed by atoms with Crippen LogP contribution in [0.25, 0.3) is 0 Å². The Morgan fingerprint density at radius 3 is 2.27 bits per heavy atom. The van der Waals surface area contributed by atoms with E-state index in [1.165, 1.54) is 0 Å². The van der Waals surface area contributed by atoms with Crippen LogP contribution in [0.1, 0.15) is 42.9 Å². The average Bonchev–Trinajstić information content (AvgIpc) is 3.40. The van der Waals surface area contributed by atoms with Gasteiger partial charge in [-0.05, 0) is 72.9 Å². The van der Waals surface area contributed by atoms with Gasteiger partial charge in [0.1, 0.15) is 11.5 Å². The molecule has 174 valence electrons. The molecule has 6 nitrogen and oxygen atoms in total. The zero-order valence-electron chi connectivity index (χ0n) is 18.9. The number of carboxylic acids is 1. The number of ether oxygens (including phenoxy) is 1. The van der Waals surface area contributed by atoms with Crippen molar-refractivity contribution in [3.8, 4) is 11.5 Å². The molecule has 0 radical (unpaired) electrons. The highest BCUT2D eigenvalue weighted by atomic mass is 16.5. The van der Waals surface area contributed by atoms with Gasteiger partial charge in [-0.3, -0.25) is 9.59 Å². The van der Waals surface area contributed by atoms with Gasteiger partial charge in [0.15, 0.2) is 0 Å². The van der Waals surface area contributed by atoms with E-state index in [4.69, 9.17) is 4.74 Å². The number of rotatable bonds is 8. The molecule has 4 rings (SSSR count). The van der Waals surface area contributed by atoms with Crippen LogP contribution in [0.15, 0.2) is 54.6 Å². The molecule has 5 atom stereocenters. The highest BCUT2D eigenvalue weighted by Gasteiger charge is 2.52. The van der Waals surface area contributed by atoms with Gasteiger partial charge in [-0.25, -0.2) is 0 Å². The smallest absolute Gasteiger partial charge is 0.310 e. The Labute approximate surface area is 193 Å². The summed E-state index contributed by atoms with van der Waals surface area (Å²) in [6.07, 6.45) is 5.81. The first-order valence-electron chi connectivity index (χ1n) is 11.4. The van der Waals surface area contributed by atoms with E-state index in [2.05, 4.69) is 6.92 Å². The molecule has 0 heterocycles. The predicted octanol–water partition coefficient (Wildman–Crippen LogP) is 4.56. The number of esters is 1. The van der Waals surface area contributed by atoms with E-state index in [0.29, 0.717) is 19.3 Å². The van der Waals surface area contributed by atoms with Crippen molar-refractivity contribution >= 4 is 11.9 Å². The first kappa shape index (κ1) is 22.9. The number of hydrogen-bond donors (Lipinski definition) is 3. The van der Waals surface area contributed by atoms with Gasteiger partial charge < -0.3 is 20.1 Å². The number of allylic oxidation sites excluding steroid dienone is 2. The quantitative estimate of drug-likeness (QED) is 0.309. The lowest BCUT2D eigenvalue weighted by Gasteiger charge is -2.32. The second kappa shape index (κ2) is 8.93. The van der Waals surface area contributed by atoms with Crippen molar-refractivity contribution in [3.05, 3.63) is 71.3 Å². The summed E-state index contributed by atoms with van der Waals surface area (Å²) in [5.41, 5.74) is 2.35. The SMILES string of the molecule is Cc1cc(C(C)(CCCOC(=O)C2C3C=CC(C3)C2C(=O)O)c2ccc(O)cc2)ccc1O. The van der Waals surface area contributed by atoms with Crippen LogP contribution in [-0.4, -0.2) is 33.9 Å². The monoisotopic (exact) mass is 450 g/mol. The van der Waals surface area contributed by atoms with Crippen LogP contribution in [0, 0.1) is 30.6 Å².